The Morgan fingerprint density at radius 3 is 2.26 bits per heavy atom. The summed E-state index contributed by atoms with van der Waals surface area (Å²) in [7, 11) is -2.01. The van der Waals surface area contributed by atoms with Crippen LogP contribution in [0.5, 0.6) is 0 Å². The summed E-state index contributed by atoms with van der Waals surface area (Å²) in [4.78, 5) is 24.7. The molecule has 34 heavy (non-hydrogen) atoms. The van der Waals surface area contributed by atoms with Crippen LogP contribution in [-0.2, 0) is 25.0 Å². The molecule has 0 aromatic heterocycles. The molecule has 0 spiro atoms. The maximum Gasteiger partial charge on any atom is 0.338 e. The smallest absolute Gasteiger partial charge is 0.338 e. The lowest BCUT2D eigenvalue weighted by Gasteiger charge is -2.30. The molecule has 0 heterocycles. The van der Waals surface area contributed by atoms with Crippen LogP contribution in [0, 0.1) is 0 Å². The first-order valence-electron chi connectivity index (χ1n) is 11.9. The predicted octanol–water partition coefficient (Wildman–Crippen LogP) is 3.64. The van der Waals surface area contributed by atoms with Crippen LogP contribution < -0.4 is 5.32 Å². The molecule has 0 radical (unpaired) electrons. The molecule has 2 aliphatic carbocycles. The maximum absolute atomic E-state index is 12.9. The Hall–Kier alpha value is -2.71. The molecule has 2 saturated carbocycles. The zero-order chi connectivity index (χ0) is 24.2. The molecule has 0 saturated heterocycles. The van der Waals surface area contributed by atoms with E-state index in [9.17, 15) is 18.0 Å². The molecule has 2 aromatic rings. The van der Waals surface area contributed by atoms with Gasteiger partial charge in [-0.25, -0.2) is 13.2 Å². The number of carbonyl (C=O) groups is 2. The van der Waals surface area contributed by atoms with E-state index in [1.165, 1.54) is 34.1 Å². The summed E-state index contributed by atoms with van der Waals surface area (Å²) in [5.74, 6) is -1.02. The number of nitrogens with zero attached hydrogens (tertiary/aromatic N) is 1. The number of amides is 1. The van der Waals surface area contributed by atoms with Crippen molar-refractivity contribution in [2.75, 3.05) is 20.2 Å². The summed E-state index contributed by atoms with van der Waals surface area (Å²) < 4.78 is 32.5. The van der Waals surface area contributed by atoms with Crippen molar-refractivity contribution in [3.63, 3.8) is 0 Å². The molecule has 7 nitrogen and oxygen atoms in total. The second-order valence-electron chi connectivity index (χ2n) is 9.34. The third kappa shape index (κ3) is 5.50. The van der Waals surface area contributed by atoms with E-state index < -0.39 is 16.0 Å². The van der Waals surface area contributed by atoms with E-state index in [0.29, 0.717) is 6.54 Å². The van der Waals surface area contributed by atoms with E-state index in [2.05, 4.69) is 17.4 Å². The highest BCUT2D eigenvalue weighted by Crippen LogP contribution is 2.47. The van der Waals surface area contributed by atoms with Crippen molar-refractivity contribution >= 4 is 21.9 Å². The van der Waals surface area contributed by atoms with Crippen LogP contribution in [-0.4, -0.2) is 50.8 Å². The van der Waals surface area contributed by atoms with Gasteiger partial charge in [-0.2, -0.15) is 4.31 Å². The summed E-state index contributed by atoms with van der Waals surface area (Å²) in [6.45, 7) is 0.128. The number of carbonyl (C=O) groups excluding carboxylic acids is 2. The maximum atomic E-state index is 12.9. The van der Waals surface area contributed by atoms with E-state index in [1.54, 1.807) is 7.05 Å². The molecule has 8 heteroatoms. The zero-order valence-corrected chi connectivity index (χ0v) is 20.4. The summed E-state index contributed by atoms with van der Waals surface area (Å²) in [5.41, 5.74) is 1.39. The first-order valence-corrected chi connectivity index (χ1v) is 13.3. The second kappa shape index (κ2) is 10.3. The van der Waals surface area contributed by atoms with Crippen LogP contribution in [0.25, 0.3) is 0 Å². The number of sulfonamides is 1. The standard InChI is InChI=1S/C26H32N2O5S/c1-28(22-10-6-3-7-11-22)34(31,32)23-14-12-20(13-15-23)25(30)33-18-24(29)27-19-26(16-17-26)21-8-4-2-5-9-21/h2,4-5,8-9,12-15,22H,3,6-7,10-11,16-19H2,1H3,(H,27,29). The fourth-order valence-corrected chi connectivity index (χ4v) is 6.03. The summed E-state index contributed by atoms with van der Waals surface area (Å²) in [6, 6.07) is 15.8. The fraction of sp³-hybridized carbons (Fsp3) is 0.462. The first kappa shape index (κ1) is 24.4. The van der Waals surface area contributed by atoms with Crippen molar-refractivity contribution in [1.29, 1.82) is 0 Å². The van der Waals surface area contributed by atoms with Crippen LogP contribution in [0.2, 0.25) is 0 Å². The fourth-order valence-electron chi connectivity index (χ4n) is 4.61. The largest absolute Gasteiger partial charge is 0.452 e. The van der Waals surface area contributed by atoms with Crippen LogP contribution in [0.15, 0.2) is 59.5 Å². The van der Waals surface area contributed by atoms with Crippen molar-refractivity contribution in [2.24, 2.45) is 0 Å². The van der Waals surface area contributed by atoms with Gasteiger partial charge in [0.2, 0.25) is 10.0 Å². The first-order chi connectivity index (χ1) is 16.3. The number of hydrogen-bond acceptors (Lipinski definition) is 5. The van der Waals surface area contributed by atoms with Gasteiger partial charge in [0.05, 0.1) is 10.5 Å². The Labute approximate surface area is 201 Å². The van der Waals surface area contributed by atoms with Crippen LogP contribution >= 0.6 is 0 Å². The number of hydrogen-bond donors (Lipinski definition) is 1. The number of esters is 1. The minimum atomic E-state index is -3.63. The Morgan fingerprint density at radius 2 is 1.65 bits per heavy atom. The highest BCUT2D eigenvalue weighted by molar-refractivity contribution is 7.89. The van der Waals surface area contributed by atoms with Gasteiger partial charge < -0.3 is 10.1 Å². The van der Waals surface area contributed by atoms with Crippen LogP contribution in [0.4, 0.5) is 0 Å². The zero-order valence-electron chi connectivity index (χ0n) is 19.5. The average molecular weight is 485 g/mol. The van der Waals surface area contributed by atoms with Gasteiger partial charge >= 0.3 is 5.97 Å². The van der Waals surface area contributed by atoms with Crippen molar-refractivity contribution in [2.45, 2.75) is 61.3 Å². The molecule has 2 fully saturated rings. The lowest BCUT2D eigenvalue weighted by Crippen LogP contribution is -2.38. The van der Waals surface area contributed by atoms with Gasteiger partial charge in [0.25, 0.3) is 5.91 Å². The molecular weight excluding hydrogens is 452 g/mol. The Balaban J connectivity index is 1.28. The van der Waals surface area contributed by atoms with Crippen LogP contribution in [0.1, 0.15) is 60.9 Å². The molecule has 1 amide bonds. The molecule has 4 rings (SSSR count). The van der Waals surface area contributed by atoms with Gasteiger partial charge in [0.1, 0.15) is 0 Å². The molecular formula is C26H32N2O5S. The third-order valence-corrected chi connectivity index (χ3v) is 8.98. The highest BCUT2D eigenvalue weighted by atomic mass is 32.2. The van der Waals surface area contributed by atoms with Gasteiger partial charge in [-0.1, -0.05) is 49.6 Å². The average Bonchev–Trinajstić information content (AvgIpc) is 3.68. The monoisotopic (exact) mass is 484 g/mol. The highest BCUT2D eigenvalue weighted by Gasteiger charge is 2.44. The van der Waals surface area contributed by atoms with Gasteiger partial charge in [0.15, 0.2) is 6.61 Å². The number of nitrogens with one attached hydrogen (secondary N) is 1. The Bertz CT molecular complexity index is 1110. The van der Waals surface area contributed by atoms with Gasteiger partial charge in [-0.15, -0.1) is 0 Å². The van der Waals surface area contributed by atoms with Crippen molar-refractivity contribution in [3.05, 3.63) is 65.7 Å². The lowest BCUT2D eigenvalue weighted by atomic mass is 9.96. The van der Waals surface area contributed by atoms with Gasteiger partial charge in [-0.3, -0.25) is 4.79 Å². The Kier molecular flexibility index (Phi) is 7.38. The quantitative estimate of drug-likeness (QED) is 0.549. The predicted molar refractivity (Wildman–Crippen MR) is 129 cm³/mol. The topological polar surface area (TPSA) is 92.8 Å². The molecule has 182 valence electrons. The molecule has 0 bridgehead atoms. The second-order valence-corrected chi connectivity index (χ2v) is 11.3. The molecule has 2 aliphatic rings. The molecule has 1 N–H and O–H groups in total. The summed E-state index contributed by atoms with van der Waals surface area (Å²) >= 11 is 0. The van der Waals surface area contributed by atoms with Gasteiger partial charge in [0, 0.05) is 25.0 Å². The van der Waals surface area contributed by atoms with Gasteiger partial charge in [-0.05, 0) is 55.5 Å². The van der Waals surface area contributed by atoms with E-state index in [-0.39, 0.29) is 34.4 Å². The number of rotatable bonds is 9. The van der Waals surface area contributed by atoms with Crippen LogP contribution in [0.3, 0.4) is 0 Å². The van der Waals surface area contributed by atoms with Crippen molar-refractivity contribution < 1.29 is 22.7 Å². The summed E-state index contributed by atoms with van der Waals surface area (Å²) in [5, 5.41) is 2.86. The normalized spacial score (nSPS) is 17.8. The SMILES string of the molecule is CN(C1CCCCC1)S(=O)(=O)c1ccc(C(=O)OCC(=O)NCC2(c3ccccc3)CC2)cc1. The van der Waals surface area contributed by atoms with Crippen molar-refractivity contribution in [3.8, 4) is 0 Å². The summed E-state index contributed by atoms with van der Waals surface area (Å²) in [6.07, 6.45) is 6.99. The molecule has 2 aromatic carbocycles. The minimum absolute atomic E-state index is 0.0126. The number of ether oxygens (including phenoxy) is 1. The Morgan fingerprint density at radius 1 is 1.00 bits per heavy atom. The van der Waals surface area contributed by atoms with E-state index in [4.69, 9.17) is 4.74 Å². The molecule has 0 unspecified atom stereocenters. The minimum Gasteiger partial charge on any atom is -0.452 e. The van der Waals surface area contributed by atoms with E-state index in [1.807, 2.05) is 18.2 Å². The lowest BCUT2D eigenvalue weighted by molar-refractivity contribution is -0.124. The molecule has 0 atom stereocenters. The van der Waals surface area contributed by atoms with E-state index >= 15 is 0 Å². The number of benzene rings is 2. The van der Waals surface area contributed by atoms with E-state index in [0.717, 1.165) is 44.9 Å². The van der Waals surface area contributed by atoms with Crippen molar-refractivity contribution in [1.82, 2.24) is 9.62 Å². The molecule has 0 aliphatic heterocycles. The third-order valence-electron chi connectivity index (χ3n) is 7.05.